The number of aliphatic imine (C=N–C) groups is 4. The van der Waals surface area contributed by atoms with E-state index in [1.54, 1.807) is 0 Å². The van der Waals surface area contributed by atoms with Crippen molar-refractivity contribution >= 4 is 23.8 Å². The summed E-state index contributed by atoms with van der Waals surface area (Å²) in [5, 5.41) is 3.38. The number of H-pyrrole nitrogens is 2. The Morgan fingerprint density at radius 2 is 1.43 bits per heavy atom. The van der Waals surface area contributed by atoms with Crippen molar-refractivity contribution in [3.05, 3.63) is 48.0 Å². The summed E-state index contributed by atoms with van der Waals surface area (Å²) in [6.07, 6.45) is 8.29. The zero-order valence-electron chi connectivity index (χ0n) is 23.0. The third-order valence-electron chi connectivity index (χ3n) is 6.21. The average Bonchev–Trinajstić information content (AvgIpc) is 3.57. The second-order valence-corrected chi connectivity index (χ2v) is 9.85. The van der Waals surface area contributed by atoms with Crippen LogP contribution in [0.15, 0.2) is 56.9 Å². The maximum atomic E-state index is 4.98. The Morgan fingerprint density at radius 3 is 2.03 bits per heavy atom. The van der Waals surface area contributed by atoms with Gasteiger partial charge in [0, 0.05) is 93.1 Å². The minimum absolute atomic E-state index is 0.152. The molecule has 4 rings (SSSR count). The first-order valence-corrected chi connectivity index (χ1v) is 12.6. The van der Waals surface area contributed by atoms with Gasteiger partial charge in [0.05, 0.1) is 0 Å². The molecule has 2 aliphatic heterocycles. The summed E-state index contributed by atoms with van der Waals surface area (Å²) in [7, 11) is 12.1. The summed E-state index contributed by atoms with van der Waals surface area (Å²) in [6, 6.07) is 4.17. The van der Waals surface area contributed by atoms with Gasteiger partial charge in [-0.3, -0.25) is 10.2 Å². The molecule has 0 aromatic carbocycles. The van der Waals surface area contributed by atoms with Crippen LogP contribution in [0, 0.1) is 0 Å². The van der Waals surface area contributed by atoms with E-state index in [9.17, 15) is 0 Å². The molecule has 0 bridgehead atoms. The average molecular weight is 509 g/mol. The number of hydrogen-bond acceptors (Lipinski definition) is 10. The fourth-order valence-electron chi connectivity index (χ4n) is 4.36. The second kappa shape index (κ2) is 11.4. The topological polar surface area (TPSA) is 109 Å². The van der Waals surface area contributed by atoms with E-state index in [2.05, 4.69) is 42.1 Å². The molecule has 2 atom stereocenters. The van der Waals surface area contributed by atoms with Crippen molar-refractivity contribution < 1.29 is 0 Å². The summed E-state index contributed by atoms with van der Waals surface area (Å²) < 4.78 is 0. The Hall–Kier alpha value is -3.96. The Balaban J connectivity index is 1.54. The first kappa shape index (κ1) is 26.1. The first-order valence-electron chi connectivity index (χ1n) is 12.6. The molecular weight excluding hydrogens is 468 g/mol. The Kier molecular flexibility index (Phi) is 8.04. The van der Waals surface area contributed by atoms with Crippen molar-refractivity contribution in [1.29, 1.82) is 0 Å². The predicted molar refractivity (Wildman–Crippen MR) is 149 cm³/mol. The van der Waals surface area contributed by atoms with E-state index < -0.39 is 0 Å². The van der Waals surface area contributed by atoms with Crippen LogP contribution in [0.2, 0.25) is 0 Å². The van der Waals surface area contributed by atoms with Crippen LogP contribution in [0.25, 0.3) is 0 Å². The molecule has 4 heterocycles. The maximum absolute atomic E-state index is 4.98. The van der Waals surface area contributed by atoms with Crippen LogP contribution in [-0.2, 0) is 13.1 Å². The smallest absolute Gasteiger partial charge is 0.205 e. The third-order valence-corrected chi connectivity index (χ3v) is 6.21. The van der Waals surface area contributed by atoms with Gasteiger partial charge in [0.15, 0.2) is 0 Å². The lowest BCUT2D eigenvalue weighted by Gasteiger charge is -2.38. The summed E-state index contributed by atoms with van der Waals surface area (Å²) in [5.74, 6) is 3.39. The number of hydrogen-bond donors (Lipinski definition) is 3. The van der Waals surface area contributed by atoms with Gasteiger partial charge in [-0.2, -0.15) is 0 Å². The van der Waals surface area contributed by atoms with Crippen molar-refractivity contribution in [2.24, 2.45) is 20.0 Å². The van der Waals surface area contributed by atoms with E-state index in [0.29, 0.717) is 0 Å². The molecule has 37 heavy (non-hydrogen) atoms. The molecule has 12 nitrogen and oxygen atoms in total. The number of aromatic nitrogens is 2. The third kappa shape index (κ3) is 6.43. The molecule has 3 N–H and O–H groups in total. The molecule has 0 fully saturated rings. The molecule has 200 valence electrons. The number of nitrogens with one attached hydrogen (secondary N) is 3. The Bertz CT molecular complexity index is 1130. The van der Waals surface area contributed by atoms with Gasteiger partial charge < -0.3 is 29.6 Å². The SMILES string of the molecule is CC1N=C(N(C)C)N(C)C(N(CCC2N=C(N(C)C)NC(N(C)Cc3cc[nH]c3)=N2)Cc2cc[nH]c2)=N1. The fourth-order valence-corrected chi connectivity index (χ4v) is 4.36. The van der Waals surface area contributed by atoms with Crippen molar-refractivity contribution in [2.75, 3.05) is 48.8 Å². The molecular formula is C25H40N12. The van der Waals surface area contributed by atoms with Gasteiger partial charge in [0.25, 0.3) is 0 Å². The van der Waals surface area contributed by atoms with E-state index in [0.717, 1.165) is 49.9 Å². The molecule has 2 aromatic rings. The van der Waals surface area contributed by atoms with Crippen LogP contribution in [0.3, 0.4) is 0 Å². The lowest BCUT2D eigenvalue weighted by atomic mass is 10.2. The van der Waals surface area contributed by atoms with E-state index in [1.807, 2.05) is 83.8 Å². The molecule has 2 aromatic heterocycles. The highest BCUT2D eigenvalue weighted by molar-refractivity contribution is 6.00. The van der Waals surface area contributed by atoms with Gasteiger partial charge in [-0.05, 0) is 30.2 Å². The molecule has 0 spiro atoms. The number of rotatable bonds is 7. The minimum atomic E-state index is -0.218. The maximum Gasteiger partial charge on any atom is 0.205 e. The quantitative estimate of drug-likeness (QED) is 0.522. The lowest BCUT2D eigenvalue weighted by molar-refractivity contribution is 0.338. The van der Waals surface area contributed by atoms with Gasteiger partial charge in [-0.15, -0.1) is 0 Å². The monoisotopic (exact) mass is 508 g/mol. The first-order chi connectivity index (χ1) is 17.7. The van der Waals surface area contributed by atoms with Gasteiger partial charge in [-0.1, -0.05) is 0 Å². The molecule has 0 saturated carbocycles. The van der Waals surface area contributed by atoms with Gasteiger partial charge >= 0.3 is 0 Å². The van der Waals surface area contributed by atoms with E-state index in [4.69, 9.17) is 20.0 Å². The summed E-state index contributed by atoms with van der Waals surface area (Å²) >= 11 is 0. The van der Waals surface area contributed by atoms with Crippen LogP contribution < -0.4 is 5.32 Å². The van der Waals surface area contributed by atoms with Gasteiger partial charge in [0.1, 0.15) is 12.3 Å². The van der Waals surface area contributed by atoms with Crippen molar-refractivity contribution in [2.45, 2.75) is 38.8 Å². The van der Waals surface area contributed by atoms with E-state index in [-0.39, 0.29) is 12.3 Å². The highest BCUT2D eigenvalue weighted by Gasteiger charge is 2.28. The molecule has 0 aliphatic carbocycles. The second-order valence-electron chi connectivity index (χ2n) is 9.85. The Labute approximate surface area is 219 Å². The summed E-state index contributed by atoms with van der Waals surface area (Å²) in [5.41, 5.74) is 2.39. The summed E-state index contributed by atoms with van der Waals surface area (Å²) in [4.78, 5) is 36.3. The molecule has 2 aliphatic rings. The van der Waals surface area contributed by atoms with Crippen LogP contribution in [0.4, 0.5) is 0 Å². The van der Waals surface area contributed by atoms with Gasteiger partial charge in [0.2, 0.25) is 23.8 Å². The zero-order valence-corrected chi connectivity index (χ0v) is 23.0. The Morgan fingerprint density at radius 1 is 0.811 bits per heavy atom. The van der Waals surface area contributed by atoms with E-state index in [1.165, 1.54) is 11.1 Å². The molecule has 0 radical (unpaired) electrons. The fraction of sp³-hybridized carbons (Fsp3) is 0.520. The number of nitrogens with zero attached hydrogens (tertiary/aromatic N) is 9. The highest BCUT2D eigenvalue weighted by Crippen LogP contribution is 2.17. The van der Waals surface area contributed by atoms with Crippen molar-refractivity contribution in [1.82, 2.24) is 39.8 Å². The van der Waals surface area contributed by atoms with Crippen molar-refractivity contribution in [3.63, 3.8) is 0 Å². The largest absolute Gasteiger partial charge is 0.367 e. The molecule has 0 saturated heterocycles. The number of guanidine groups is 4. The summed E-state index contributed by atoms with van der Waals surface area (Å²) in [6.45, 7) is 4.21. The van der Waals surface area contributed by atoms with Crippen molar-refractivity contribution in [3.8, 4) is 0 Å². The van der Waals surface area contributed by atoms with Crippen LogP contribution in [-0.4, -0.2) is 119 Å². The lowest BCUT2D eigenvalue weighted by Crippen LogP contribution is -2.52. The normalized spacial score (nSPS) is 19.4. The van der Waals surface area contributed by atoms with Crippen LogP contribution in [0.5, 0.6) is 0 Å². The molecule has 2 unspecified atom stereocenters. The molecule has 12 heteroatoms. The zero-order chi connectivity index (χ0) is 26.5. The standard InChI is InChI=1S/C25H40N12/c1-18-28-24(34(4)5)36(7)25(29-18)37(17-20-9-12-27-15-20)13-10-21-30-22(33(2)3)32-23(31-21)35(6)16-19-8-11-26-14-19/h8-9,11-12,14-15,18,21,26-27H,10,13,16-17H2,1-7H3,(H,30,31,32). The predicted octanol–water partition coefficient (Wildman–Crippen LogP) is 1.43. The highest BCUT2D eigenvalue weighted by atomic mass is 15.5. The molecule has 0 amide bonds. The van der Waals surface area contributed by atoms with Crippen LogP contribution in [0.1, 0.15) is 24.5 Å². The van der Waals surface area contributed by atoms with Crippen LogP contribution >= 0.6 is 0 Å². The van der Waals surface area contributed by atoms with Gasteiger partial charge in [-0.25, -0.2) is 20.0 Å². The number of aromatic amines is 2. The minimum Gasteiger partial charge on any atom is -0.367 e. The van der Waals surface area contributed by atoms with E-state index >= 15 is 0 Å².